The lowest BCUT2D eigenvalue weighted by Gasteiger charge is -2.37. The molecule has 2 aromatic carbocycles. The quantitative estimate of drug-likeness (QED) is 0.570. The molecule has 0 spiro atoms. The molecule has 2 atom stereocenters. The largest absolute Gasteiger partial charge is 0.465 e. The molecular formula is C23H26N4O5. The lowest BCUT2D eigenvalue weighted by molar-refractivity contribution is 0.0543. The fourth-order valence-corrected chi connectivity index (χ4v) is 3.87. The van der Waals surface area contributed by atoms with Crippen LogP contribution in [-0.2, 0) is 20.8 Å². The Morgan fingerprint density at radius 3 is 2.72 bits per heavy atom. The summed E-state index contributed by atoms with van der Waals surface area (Å²) in [6.07, 6.45) is -0.0676. The second-order valence-corrected chi connectivity index (χ2v) is 7.58. The number of hydrogen-bond acceptors (Lipinski definition) is 7. The van der Waals surface area contributed by atoms with E-state index in [1.54, 1.807) is 19.2 Å². The number of ether oxygens (including phenoxy) is 3. The van der Waals surface area contributed by atoms with E-state index in [1.807, 2.05) is 41.3 Å². The van der Waals surface area contributed by atoms with E-state index in [1.165, 1.54) is 7.11 Å². The molecule has 3 aromatic rings. The number of carbonyl (C=O) groups is 2. The topological polar surface area (TPSA) is 106 Å². The maximum Gasteiger partial charge on any atom is 0.407 e. The van der Waals surface area contributed by atoms with E-state index in [9.17, 15) is 9.59 Å². The lowest BCUT2D eigenvalue weighted by atomic mass is 10.0. The zero-order valence-electron chi connectivity index (χ0n) is 18.0. The third-order valence-electron chi connectivity index (χ3n) is 5.58. The van der Waals surface area contributed by atoms with Gasteiger partial charge in [-0.1, -0.05) is 36.4 Å². The molecule has 1 aliphatic rings. The summed E-state index contributed by atoms with van der Waals surface area (Å²) >= 11 is 0. The number of rotatable bonds is 6. The highest BCUT2D eigenvalue weighted by Gasteiger charge is 2.32. The van der Waals surface area contributed by atoms with Crippen molar-refractivity contribution in [2.75, 3.05) is 32.2 Å². The molecule has 1 aromatic heterocycles. The number of benzene rings is 2. The summed E-state index contributed by atoms with van der Waals surface area (Å²) in [5.41, 5.74) is 2.65. The van der Waals surface area contributed by atoms with Gasteiger partial charge in [-0.15, -0.1) is 0 Å². The minimum Gasteiger partial charge on any atom is -0.465 e. The number of anilines is 1. The molecule has 4 rings (SSSR count). The van der Waals surface area contributed by atoms with Crippen LogP contribution < -0.4 is 10.2 Å². The zero-order chi connectivity index (χ0) is 22.5. The molecule has 32 heavy (non-hydrogen) atoms. The van der Waals surface area contributed by atoms with Crippen LogP contribution in [-0.4, -0.2) is 61.5 Å². The van der Waals surface area contributed by atoms with Gasteiger partial charge in [-0.05, 0) is 24.1 Å². The summed E-state index contributed by atoms with van der Waals surface area (Å²) in [5.74, 6) is 0.212. The molecule has 0 bridgehead atoms. The highest BCUT2D eigenvalue weighted by atomic mass is 16.5. The number of carbonyl (C=O) groups excluding carboxylic acids is 2. The second-order valence-electron chi connectivity index (χ2n) is 7.58. The number of fused-ring (bicyclic) bond motifs is 1. The van der Waals surface area contributed by atoms with Crippen molar-refractivity contribution >= 4 is 29.0 Å². The van der Waals surface area contributed by atoms with Crippen LogP contribution in [0.15, 0.2) is 48.5 Å². The molecule has 2 N–H and O–H groups in total. The van der Waals surface area contributed by atoms with Crippen LogP contribution in [0.1, 0.15) is 22.3 Å². The van der Waals surface area contributed by atoms with Gasteiger partial charge in [0.05, 0.1) is 30.3 Å². The van der Waals surface area contributed by atoms with E-state index in [-0.39, 0.29) is 18.8 Å². The SMILES string of the molecule is COC(=O)c1cccc2[nH]c(N3CC[C@@H](NC(=O)OCc4ccccc4)[C@@H](OC)C3)nc12. The van der Waals surface area contributed by atoms with Gasteiger partial charge in [0, 0.05) is 20.2 Å². The van der Waals surface area contributed by atoms with Crippen molar-refractivity contribution in [3.63, 3.8) is 0 Å². The Bertz CT molecular complexity index is 1080. The van der Waals surface area contributed by atoms with Crippen LogP contribution >= 0.6 is 0 Å². The normalized spacial score (nSPS) is 18.4. The fraction of sp³-hybridized carbons (Fsp3) is 0.348. The van der Waals surface area contributed by atoms with Gasteiger partial charge < -0.3 is 29.4 Å². The van der Waals surface area contributed by atoms with Gasteiger partial charge in [0.2, 0.25) is 5.95 Å². The minimum absolute atomic E-state index is 0.186. The summed E-state index contributed by atoms with van der Waals surface area (Å²) in [6, 6.07) is 14.7. The molecule has 168 valence electrons. The maximum atomic E-state index is 12.3. The molecule has 1 fully saturated rings. The smallest absolute Gasteiger partial charge is 0.407 e. The minimum atomic E-state index is -0.471. The lowest BCUT2D eigenvalue weighted by Crippen LogP contribution is -2.55. The van der Waals surface area contributed by atoms with E-state index >= 15 is 0 Å². The van der Waals surface area contributed by atoms with Crippen molar-refractivity contribution in [1.29, 1.82) is 0 Å². The monoisotopic (exact) mass is 438 g/mol. The summed E-state index contributed by atoms with van der Waals surface area (Å²) in [5, 5.41) is 2.92. The highest BCUT2D eigenvalue weighted by molar-refractivity contribution is 6.02. The number of aromatic nitrogens is 2. The van der Waals surface area contributed by atoms with Crippen molar-refractivity contribution in [3.8, 4) is 0 Å². The highest BCUT2D eigenvalue weighted by Crippen LogP contribution is 2.24. The third kappa shape index (κ3) is 4.67. The number of amides is 1. The number of piperidine rings is 1. The number of nitrogens with zero attached hydrogens (tertiary/aromatic N) is 2. The van der Waals surface area contributed by atoms with Crippen molar-refractivity contribution in [3.05, 3.63) is 59.7 Å². The molecule has 0 unspecified atom stereocenters. The van der Waals surface area contributed by atoms with E-state index in [4.69, 9.17) is 14.2 Å². The predicted octanol–water partition coefficient (Wildman–Crippen LogP) is 2.87. The molecule has 2 heterocycles. The van der Waals surface area contributed by atoms with Gasteiger partial charge in [0.1, 0.15) is 12.1 Å². The first-order chi connectivity index (χ1) is 15.6. The molecule has 1 aliphatic heterocycles. The second kappa shape index (κ2) is 9.69. The molecule has 0 saturated carbocycles. The van der Waals surface area contributed by atoms with Crippen molar-refractivity contribution < 1.29 is 23.8 Å². The van der Waals surface area contributed by atoms with E-state index in [0.29, 0.717) is 36.5 Å². The number of esters is 1. The van der Waals surface area contributed by atoms with Crippen molar-refractivity contribution in [2.24, 2.45) is 0 Å². The first-order valence-electron chi connectivity index (χ1n) is 10.4. The first kappa shape index (κ1) is 21.6. The van der Waals surface area contributed by atoms with Crippen molar-refractivity contribution in [1.82, 2.24) is 15.3 Å². The Hall–Kier alpha value is -3.59. The molecule has 1 amide bonds. The first-order valence-corrected chi connectivity index (χ1v) is 10.4. The van der Waals surface area contributed by atoms with Gasteiger partial charge in [-0.2, -0.15) is 0 Å². The van der Waals surface area contributed by atoms with Crippen LogP contribution in [0.2, 0.25) is 0 Å². The van der Waals surface area contributed by atoms with E-state index in [0.717, 1.165) is 11.1 Å². The van der Waals surface area contributed by atoms with Crippen LogP contribution in [0, 0.1) is 0 Å². The van der Waals surface area contributed by atoms with Crippen LogP contribution in [0.25, 0.3) is 11.0 Å². The van der Waals surface area contributed by atoms with Crippen LogP contribution in [0.3, 0.4) is 0 Å². The molecular weight excluding hydrogens is 412 g/mol. The average molecular weight is 438 g/mol. The van der Waals surface area contributed by atoms with Gasteiger partial charge in [0.25, 0.3) is 0 Å². The van der Waals surface area contributed by atoms with Crippen LogP contribution in [0.4, 0.5) is 10.7 Å². The Morgan fingerprint density at radius 1 is 1.16 bits per heavy atom. The average Bonchev–Trinajstić information content (AvgIpc) is 3.27. The van der Waals surface area contributed by atoms with Crippen molar-refractivity contribution in [2.45, 2.75) is 25.2 Å². The number of methoxy groups -OCH3 is 2. The standard InChI is InChI=1S/C23H26N4O5/c1-30-19-13-27(22-24-18-10-6-9-16(20(18)26-22)21(28)31-2)12-11-17(19)25-23(29)32-14-15-7-4-3-5-8-15/h3-10,17,19H,11-14H2,1-2H3,(H,24,26)(H,25,29)/t17-,19+/m1/s1. The number of aromatic amines is 1. The van der Waals surface area contributed by atoms with Gasteiger partial charge in [-0.3, -0.25) is 0 Å². The van der Waals surface area contributed by atoms with Gasteiger partial charge >= 0.3 is 12.1 Å². The Kier molecular flexibility index (Phi) is 6.55. The Labute approximate surface area is 185 Å². The number of alkyl carbamates (subject to hydrolysis) is 1. The molecule has 0 aliphatic carbocycles. The van der Waals surface area contributed by atoms with E-state index in [2.05, 4.69) is 15.3 Å². The summed E-state index contributed by atoms with van der Waals surface area (Å²) in [6.45, 7) is 1.38. The van der Waals surface area contributed by atoms with Gasteiger partial charge in [0.15, 0.2) is 0 Å². The molecule has 9 nitrogen and oxygen atoms in total. The zero-order valence-corrected chi connectivity index (χ0v) is 18.0. The summed E-state index contributed by atoms with van der Waals surface area (Å²) < 4.78 is 15.8. The van der Waals surface area contributed by atoms with E-state index < -0.39 is 12.1 Å². The predicted molar refractivity (Wildman–Crippen MR) is 119 cm³/mol. The maximum absolute atomic E-state index is 12.3. The molecule has 9 heteroatoms. The number of imidazole rings is 1. The fourth-order valence-electron chi connectivity index (χ4n) is 3.87. The van der Waals surface area contributed by atoms with Crippen LogP contribution in [0.5, 0.6) is 0 Å². The number of hydrogen-bond donors (Lipinski definition) is 2. The number of para-hydroxylation sites is 1. The third-order valence-corrected chi connectivity index (χ3v) is 5.58. The number of nitrogens with one attached hydrogen (secondary N) is 2. The summed E-state index contributed by atoms with van der Waals surface area (Å²) in [4.78, 5) is 34.3. The number of H-pyrrole nitrogens is 1. The Balaban J connectivity index is 1.40. The molecule has 1 saturated heterocycles. The Morgan fingerprint density at radius 2 is 1.97 bits per heavy atom. The van der Waals surface area contributed by atoms with Gasteiger partial charge in [-0.25, -0.2) is 14.6 Å². The summed E-state index contributed by atoms with van der Waals surface area (Å²) in [7, 11) is 2.96. The molecule has 0 radical (unpaired) electrons.